The van der Waals surface area contributed by atoms with Crippen molar-refractivity contribution in [3.8, 4) is 11.5 Å². The number of rotatable bonds is 8. The number of ether oxygens (including phenoxy) is 2. The highest BCUT2D eigenvalue weighted by Crippen LogP contribution is 2.39. The van der Waals surface area contributed by atoms with E-state index in [0.717, 1.165) is 16.4 Å². The number of aromatic nitrogens is 4. The number of nitrogens with one attached hydrogen (secondary N) is 1. The molecular weight excluding hydrogens is 520 g/mol. The minimum Gasteiger partial charge on any atom is -0.454 e. The molecule has 1 atom stereocenters. The van der Waals surface area contributed by atoms with Crippen LogP contribution in [-0.2, 0) is 16.1 Å². The fraction of sp³-hybridized carbons (Fsp3) is 0.258. The number of benzene rings is 3. The zero-order chi connectivity index (χ0) is 28.6. The van der Waals surface area contributed by atoms with Gasteiger partial charge in [0, 0.05) is 28.9 Å². The largest absolute Gasteiger partial charge is 0.454 e. The normalized spacial score (nSPS) is 13.3. The summed E-state index contributed by atoms with van der Waals surface area (Å²) in [5.74, 6) is 0.422. The molecule has 3 aromatic carbocycles. The summed E-state index contributed by atoms with van der Waals surface area (Å²) < 4.78 is 12.7. The molecule has 41 heavy (non-hydrogen) atoms. The molecule has 0 spiro atoms. The Morgan fingerprint density at radius 3 is 2.68 bits per heavy atom. The van der Waals surface area contributed by atoms with E-state index in [9.17, 15) is 9.59 Å². The second kappa shape index (κ2) is 10.5. The summed E-state index contributed by atoms with van der Waals surface area (Å²) in [6.07, 6.45) is 2.43. The Labute approximate surface area is 236 Å². The maximum absolute atomic E-state index is 14.3. The van der Waals surface area contributed by atoms with Gasteiger partial charge in [-0.25, -0.2) is 4.68 Å². The Bertz CT molecular complexity index is 1760. The lowest BCUT2D eigenvalue weighted by Gasteiger charge is -2.34. The van der Waals surface area contributed by atoms with Crippen molar-refractivity contribution in [2.45, 2.75) is 45.3 Å². The van der Waals surface area contributed by atoms with E-state index in [4.69, 9.17) is 9.47 Å². The van der Waals surface area contributed by atoms with Gasteiger partial charge in [-0.1, -0.05) is 36.4 Å². The molecule has 1 N–H and O–H groups in total. The number of carbonyl (C=O) groups excluding carboxylic acids is 2. The molecule has 0 aliphatic carbocycles. The van der Waals surface area contributed by atoms with Gasteiger partial charge in [0.1, 0.15) is 18.1 Å². The van der Waals surface area contributed by atoms with Gasteiger partial charge in [0.05, 0.1) is 11.0 Å². The van der Waals surface area contributed by atoms with Crippen molar-refractivity contribution in [2.24, 2.45) is 0 Å². The SMILES string of the molecule is CCC(C)(C)NC(=O)C(c1ccc2ncccc2c1)N(C(=O)Cn1nnc2ccccc21)c1ccc2c(c1)OCO2. The number of para-hydroxylation sites is 1. The lowest BCUT2D eigenvalue weighted by atomic mass is 9.97. The van der Waals surface area contributed by atoms with Crippen LogP contribution < -0.4 is 19.7 Å². The highest BCUT2D eigenvalue weighted by molar-refractivity contribution is 6.02. The van der Waals surface area contributed by atoms with Crippen molar-refractivity contribution < 1.29 is 19.1 Å². The van der Waals surface area contributed by atoms with Gasteiger partial charge in [0.15, 0.2) is 11.5 Å². The number of hydrogen-bond donors (Lipinski definition) is 1. The van der Waals surface area contributed by atoms with Crippen LogP contribution in [0.4, 0.5) is 5.69 Å². The van der Waals surface area contributed by atoms with Crippen LogP contribution in [0.25, 0.3) is 21.9 Å². The van der Waals surface area contributed by atoms with Crippen LogP contribution in [-0.4, -0.2) is 44.1 Å². The van der Waals surface area contributed by atoms with Crippen molar-refractivity contribution >= 4 is 39.4 Å². The number of pyridine rings is 1. The Morgan fingerprint density at radius 2 is 1.83 bits per heavy atom. The highest BCUT2D eigenvalue weighted by Gasteiger charge is 2.36. The second-order valence-electron chi connectivity index (χ2n) is 10.6. The molecule has 1 unspecified atom stereocenters. The smallest absolute Gasteiger partial charge is 0.249 e. The maximum Gasteiger partial charge on any atom is 0.249 e. The van der Waals surface area contributed by atoms with Gasteiger partial charge in [0.25, 0.3) is 0 Å². The first-order valence-electron chi connectivity index (χ1n) is 13.5. The van der Waals surface area contributed by atoms with Crippen LogP contribution in [0.3, 0.4) is 0 Å². The fourth-order valence-electron chi connectivity index (χ4n) is 4.88. The van der Waals surface area contributed by atoms with Crippen molar-refractivity contribution in [2.75, 3.05) is 11.7 Å². The highest BCUT2D eigenvalue weighted by atomic mass is 16.7. The van der Waals surface area contributed by atoms with Crippen LogP contribution in [0.2, 0.25) is 0 Å². The molecule has 2 aromatic heterocycles. The van der Waals surface area contributed by atoms with E-state index in [1.54, 1.807) is 29.1 Å². The van der Waals surface area contributed by atoms with Gasteiger partial charge in [-0.05, 0) is 68.3 Å². The van der Waals surface area contributed by atoms with Crippen LogP contribution in [0.15, 0.2) is 79.0 Å². The molecule has 0 fully saturated rings. The molecule has 0 saturated heterocycles. The van der Waals surface area contributed by atoms with Crippen LogP contribution in [0.5, 0.6) is 11.5 Å². The van der Waals surface area contributed by atoms with Crippen LogP contribution >= 0.6 is 0 Å². The topological polar surface area (TPSA) is 111 Å². The van der Waals surface area contributed by atoms with E-state index in [2.05, 4.69) is 20.6 Å². The fourth-order valence-corrected chi connectivity index (χ4v) is 4.88. The molecule has 0 radical (unpaired) electrons. The molecular formula is C31H30N6O4. The lowest BCUT2D eigenvalue weighted by Crippen LogP contribution is -2.51. The van der Waals surface area contributed by atoms with Crippen LogP contribution in [0.1, 0.15) is 38.8 Å². The van der Waals surface area contributed by atoms with E-state index in [1.807, 2.05) is 75.4 Å². The van der Waals surface area contributed by atoms with Gasteiger partial charge in [-0.15, -0.1) is 5.10 Å². The molecule has 208 valence electrons. The molecule has 0 bridgehead atoms. The molecule has 10 heteroatoms. The van der Waals surface area contributed by atoms with Crippen molar-refractivity contribution in [1.82, 2.24) is 25.3 Å². The van der Waals surface area contributed by atoms with E-state index in [0.29, 0.717) is 34.7 Å². The average molecular weight is 551 g/mol. The van der Waals surface area contributed by atoms with Crippen LogP contribution in [0, 0.1) is 0 Å². The van der Waals surface area contributed by atoms with Gasteiger partial charge in [0.2, 0.25) is 18.6 Å². The summed E-state index contributed by atoms with van der Waals surface area (Å²) in [7, 11) is 0. The Morgan fingerprint density at radius 1 is 1.00 bits per heavy atom. The molecule has 6 rings (SSSR count). The van der Waals surface area contributed by atoms with Gasteiger partial charge < -0.3 is 14.8 Å². The summed E-state index contributed by atoms with van der Waals surface area (Å²) >= 11 is 0. The molecule has 3 heterocycles. The van der Waals surface area contributed by atoms with E-state index < -0.39 is 11.6 Å². The van der Waals surface area contributed by atoms with E-state index in [1.165, 1.54) is 4.90 Å². The van der Waals surface area contributed by atoms with E-state index in [-0.39, 0.29) is 25.2 Å². The first-order valence-corrected chi connectivity index (χ1v) is 13.5. The number of fused-ring (bicyclic) bond motifs is 3. The Balaban J connectivity index is 1.49. The Kier molecular flexibility index (Phi) is 6.74. The zero-order valence-electron chi connectivity index (χ0n) is 23.1. The van der Waals surface area contributed by atoms with Crippen molar-refractivity contribution in [3.63, 3.8) is 0 Å². The number of anilines is 1. The monoisotopic (exact) mass is 550 g/mol. The second-order valence-corrected chi connectivity index (χ2v) is 10.6. The van der Waals surface area contributed by atoms with E-state index >= 15 is 0 Å². The minimum absolute atomic E-state index is 0.0873. The first kappa shape index (κ1) is 26.2. The third kappa shape index (κ3) is 5.16. The average Bonchev–Trinajstić information content (AvgIpc) is 3.62. The molecule has 5 aromatic rings. The summed E-state index contributed by atoms with van der Waals surface area (Å²) in [6, 6.07) is 21.1. The lowest BCUT2D eigenvalue weighted by molar-refractivity contribution is -0.128. The van der Waals surface area contributed by atoms with Crippen molar-refractivity contribution in [3.05, 3.63) is 84.6 Å². The summed E-state index contributed by atoms with van der Waals surface area (Å²) in [4.78, 5) is 34.5. The van der Waals surface area contributed by atoms with Gasteiger partial charge in [-0.3, -0.25) is 19.5 Å². The maximum atomic E-state index is 14.3. The predicted molar refractivity (Wildman–Crippen MR) is 155 cm³/mol. The number of carbonyl (C=O) groups is 2. The predicted octanol–water partition coefficient (Wildman–Crippen LogP) is 4.79. The number of amides is 2. The summed E-state index contributed by atoms with van der Waals surface area (Å²) in [6.45, 7) is 5.88. The quantitative estimate of drug-likeness (QED) is 0.296. The summed E-state index contributed by atoms with van der Waals surface area (Å²) in [5, 5.41) is 12.4. The third-order valence-electron chi connectivity index (χ3n) is 7.40. The number of nitrogens with zero attached hydrogens (tertiary/aromatic N) is 5. The molecule has 1 aliphatic heterocycles. The molecule has 1 aliphatic rings. The van der Waals surface area contributed by atoms with Gasteiger partial charge >= 0.3 is 0 Å². The number of hydrogen-bond acceptors (Lipinski definition) is 7. The third-order valence-corrected chi connectivity index (χ3v) is 7.40. The summed E-state index contributed by atoms with van der Waals surface area (Å²) in [5.41, 5.74) is 2.82. The molecule has 10 nitrogen and oxygen atoms in total. The Hall–Kier alpha value is -4.99. The molecule has 2 amide bonds. The first-order chi connectivity index (χ1) is 19.8. The zero-order valence-corrected chi connectivity index (χ0v) is 23.1. The minimum atomic E-state index is -1.01. The van der Waals surface area contributed by atoms with Gasteiger partial charge in [-0.2, -0.15) is 0 Å². The molecule has 0 saturated carbocycles. The van der Waals surface area contributed by atoms with Crippen molar-refractivity contribution in [1.29, 1.82) is 0 Å². The standard InChI is InChI=1S/C31H30N6O4/c1-4-31(2,3)33-30(39)29(21-11-13-23-20(16-21)8-7-15-32-23)37(22-12-14-26-27(17-22)41-19-40-26)28(38)18-36-25-10-6-5-9-24(25)34-35-36/h5-17,29H,4,18-19H2,1-3H3,(H,33,39).